The van der Waals surface area contributed by atoms with Crippen molar-refractivity contribution in [2.24, 2.45) is 5.92 Å². The Morgan fingerprint density at radius 1 is 1.10 bits per heavy atom. The Morgan fingerprint density at radius 3 is 2.55 bits per heavy atom. The Morgan fingerprint density at radius 2 is 1.83 bits per heavy atom. The van der Waals surface area contributed by atoms with Crippen LogP contribution in [0.5, 0.6) is 17.2 Å². The smallest absolute Gasteiger partial charge is 0.387 e. The molecule has 0 bridgehead atoms. The van der Waals surface area contributed by atoms with Gasteiger partial charge < -0.3 is 24.4 Å². The maximum atomic E-state index is 12.5. The van der Waals surface area contributed by atoms with Crippen molar-refractivity contribution < 1.29 is 32.6 Å². The maximum absolute atomic E-state index is 12.5. The van der Waals surface area contributed by atoms with Crippen LogP contribution in [0.25, 0.3) is 0 Å². The number of hydrogen-bond acceptors (Lipinski definition) is 5. The van der Waals surface area contributed by atoms with E-state index in [4.69, 9.17) is 9.47 Å². The Kier molecular flexibility index (Phi) is 5.20. The van der Waals surface area contributed by atoms with E-state index < -0.39 is 12.5 Å². The number of benzene rings is 2. The number of hydrogen-bond donors (Lipinski definition) is 1. The quantitative estimate of drug-likeness (QED) is 0.829. The molecule has 2 aliphatic heterocycles. The molecular weight excluding hydrogens is 386 g/mol. The first-order chi connectivity index (χ1) is 14.0. The molecule has 2 aliphatic rings. The number of halogens is 2. The van der Waals surface area contributed by atoms with Crippen molar-refractivity contribution in [1.82, 2.24) is 0 Å². The lowest BCUT2D eigenvalue weighted by Gasteiger charge is -2.22. The average molecular weight is 404 g/mol. The number of fused-ring (bicyclic) bond motifs is 1. The molecule has 7 nitrogen and oxygen atoms in total. The van der Waals surface area contributed by atoms with Crippen molar-refractivity contribution in [3.8, 4) is 17.2 Å². The molecule has 0 aromatic heterocycles. The molecule has 0 saturated carbocycles. The molecular formula is C20H18F2N2O5. The number of nitrogens with zero attached hydrogens (tertiary/aromatic N) is 1. The monoisotopic (exact) mass is 404 g/mol. The summed E-state index contributed by atoms with van der Waals surface area (Å²) in [5.41, 5.74) is 1.07. The Balaban J connectivity index is 1.40. The second-order valence-electron chi connectivity index (χ2n) is 6.63. The summed E-state index contributed by atoms with van der Waals surface area (Å²) in [6, 6.07) is 10.8. The van der Waals surface area contributed by atoms with Crippen LogP contribution in [0.15, 0.2) is 42.5 Å². The average Bonchev–Trinajstić information content (AvgIpc) is 3.10. The lowest BCUT2D eigenvalue weighted by molar-refractivity contribution is -0.122. The van der Waals surface area contributed by atoms with Crippen LogP contribution < -0.4 is 24.4 Å². The van der Waals surface area contributed by atoms with Crippen LogP contribution >= 0.6 is 0 Å². The van der Waals surface area contributed by atoms with E-state index in [2.05, 4.69) is 10.1 Å². The number of anilines is 2. The number of nitrogens with one attached hydrogen (secondary N) is 1. The van der Waals surface area contributed by atoms with Crippen molar-refractivity contribution in [3.63, 3.8) is 0 Å². The molecule has 0 spiro atoms. The summed E-state index contributed by atoms with van der Waals surface area (Å²) < 4.78 is 39.7. The highest BCUT2D eigenvalue weighted by Crippen LogP contribution is 2.36. The van der Waals surface area contributed by atoms with Gasteiger partial charge in [-0.2, -0.15) is 8.78 Å². The highest BCUT2D eigenvalue weighted by Gasteiger charge is 2.35. The Hall–Kier alpha value is -3.36. The first-order valence-corrected chi connectivity index (χ1v) is 9.05. The first-order valence-electron chi connectivity index (χ1n) is 9.05. The number of amides is 2. The van der Waals surface area contributed by atoms with Gasteiger partial charge in [0.2, 0.25) is 11.8 Å². The molecule has 29 heavy (non-hydrogen) atoms. The third kappa shape index (κ3) is 4.23. The minimum absolute atomic E-state index is 0.00109. The van der Waals surface area contributed by atoms with Crippen molar-refractivity contribution in [2.75, 3.05) is 30.0 Å². The standard InChI is InChI=1S/C20H18F2N2O5/c21-20(22)29-15-4-1-13(2-5-15)23-19(26)12-9-18(25)24(11-12)14-3-6-16-17(10-14)28-8-7-27-16/h1-6,10,12,20H,7-9,11H2,(H,23,26). The molecule has 1 unspecified atom stereocenters. The zero-order valence-electron chi connectivity index (χ0n) is 15.3. The Bertz CT molecular complexity index is 920. The van der Waals surface area contributed by atoms with Gasteiger partial charge >= 0.3 is 6.61 Å². The fraction of sp³-hybridized carbons (Fsp3) is 0.300. The lowest BCUT2D eigenvalue weighted by atomic mass is 10.1. The van der Waals surface area contributed by atoms with E-state index in [1.165, 1.54) is 24.3 Å². The molecule has 1 saturated heterocycles. The van der Waals surface area contributed by atoms with E-state index in [-0.39, 0.29) is 30.5 Å². The summed E-state index contributed by atoms with van der Waals surface area (Å²) in [5, 5.41) is 2.70. The molecule has 1 fully saturated rings. The van der Waals surface area contributed by atoms with E-state index >= 15 is 0 Å². The van der Waals surface area contributed by atoms with E-state index in [1.807, 2.05) is 0 Å². The number of carbonyl (C=O) groups is 2. The van der Waals surface area contributed by atoms with Crippen molar-refractivity contribution in [3.05, 3.63) is 42.5 Å². The van der Waals surface area contributed by atoms with Gasteiger partial charge in [-0.1, -0.05) is 0 Å². The van der Waals surface area contributed by atoms with Gasteiger partial charge in [0.25, 0.3) is 0 Å². The van der Waals surface area contributed by atoms with Gasteiger partial charge in [0.1, 0.15) is 19.0 Å². The summed E-state index contributed by atoms with van der Waals surface area (Å²) >= 11 is 0. The SMILES string of the molecule is O=C(Nc1ccc(OC(F)F)cc1)C1CC(=O)N(c2ccc3c(c2)OCCO3)C1. The molecule has 1 N–H and O–H groups in total. The van der Waals surface area contributed by atoms with Gasteiger partial charge in [-0.15, -0.1) is 0 Å². The zero-order chi connectivity index (χ0) is 20.4. The summed E-state index contributed by atoms with van der Waals surface area (Å²) in [6.45, 7) is -1.76. The fourth-order valence-electron chi connectivity index (χ4n) is 3.30. The number of alkyl halides is 2. The Labute approximate surface area is 165 Å². The summed E-state index contributed by atoms with van der Waals surface area (Å²) in [7, 11) is 0. The molecule has 0 radical (unpaired) electrons. The van der Waals surface area contributed by atoms with Gasteiger partial charge in [0.15, 0.2) is 11.5 Å². The van der Waals surface area contributed by atoms with E-state index in [1.54, 1.807) is 23.1 Å². The maximum Gasteiger partial charge on any atom is 0.387 e. The lowest BCUT2D eigenvalue weighted by Crippen LogP contribution is -2.28. The normalized spacial score (nSPS) is 18.1. The van der Waals surface area contributed by atoms with Crippen LogP contribution in [-0.2, 0) is 9.59 Å². The van der Waals surface area contributed by atoms with Crippen LogP contribution in [0.3, 0.4) is 0 Å². The minimum Gasteiger partial charge on any atom is -0.486 e. The molecule has 2 aromatic rings. The third-order valence-corrected chi connectivity index (χ3v) is 4.68. The van der Waals surface area contributed by atoms with Gasteiger partial charge in [-0.05, 0) is 36.4 Å². The second kappa shape index (κ2) is 7.94. The molecule has 9 heteroatoms. The number of ether oxygens (including phenoxy) is 3. The van der Waals surface area contributed by atoms with E-state index in [9.17, 15) is 18.4 Å². The van der Waals surface area contributed by atoms with Gasteiger partial charge in [0, 0.05) is 30.4 Å². The van der Waals surface area contributed by atoms with Crippen molar-refractivity contribution in [1.29, 1.82) is 0 Å². The zero-order valence-corrected chi connectivity index (χ0v) is 15.3. The summed E-state index contributed by atoms with van der Waals surface area (Å²) in [5.74, 6) is 0.177. The van der Waals surface area contributed by atoms with Crippen LogP contribution in [0.2, 0.25) is 0 Å². The minimum atomic E-state index is -2.91. The van der Waals surface area contributed by atoms with Crippen molar-refractivity contribution >= 4 is 23.2 Å². The van der Waals surface area contributed by atoms with Crippen molar-refractivity contribution in [2.45, 2.75) is 13.0 Å². The topological polar surface area (TPSA) is 77.1 Å². The largest absolute Gasteiger partial charge is 0.486 e. The van der Waals surface area contributed by atoms with Crippen LogP contribution in [-0.4, -0.2) is 38.2 Å². The van der Waals surface area contributed by atoms with E-state index in [0.29, 0.717) is 36.1 Å². The summed E-state index contributed by atoms with van der Waals surface area (Å²) in [4.78, 5) is 26.5. The molecule has 2 aromatic carbocycles. The molecule has 152 valence electrons. The summed E-state index contributed by atoms with van der Waals surface area (Å²) in [6.07, 6.45) is 0.0762. The first kappa shape index (κ1) is 19.0. The fourth-order valence-corrected chi connectivity index (χ4v) is 3.30. The molecule has 2 heterocycles. The molecule has 1 atom stereocenters. The second-order valence-corrected chi connectivity index (χ2v) is 6.63. The predicted molar refractivity (Wildman–Crippen MR) is 99.6 cm³/mol. The molecule has 4 rings (SSSR count). The number of carbonyl (C=O) groups excluding carboxylic acids is 2. The highest BCUT2D eigenvalue weighted by atomic mass is 19.3. The van der Waals surface area contributed by atoms with Gasteiger partial charge in [-0.25, -0.2) is 0 Å². The van der Waals surface area contributed by atoms with Crippen LogP contribution in [0, 0.1) is 5.92 Å². The highest BCUT2D eigenvalue weighted by molar-refractivity contribution is 6.03. The third-order valence-electron chi connectivity index (χ3n) is 4.68. The molecule has 0 aliphatic carbocycles. The predicted octanol–water partition coefficient (Wildman–Crippen LogP) is 3.05. The van der Waals surface area contributed by atoms with Crippen LogP contribution in [0.4, 0.5) is 20.2 Å². The molecule has 2 amide bonds. The van der Waals surface area contributed by atoms with Gasteiger partial charge in [0.05, 0.1) is 5.92 Å². The van der Waals surface area contributed by atoms with Gasteiger partial charge in [-0.3, -0.25) is 9.59 Å². The van der Waals surface area contributed by atoms with Crippen LogP contribution in [0.1, 0.15) is 6.42 Å². The number of rotatable bonds is 5. The van der Waals surface area contributed by atoms with E-state index in [0.717, 1.165) is 0 Å².